The summed E-state index contributed by atoms with van der Waals surface area (Å²) in [5, 5.41) is 13.5. The molecule has 1 rings (SSSR count). The number of carbonyl (C=O) groups excluding carboxylic acids is 1. The van der Waals surface area contributed by atoms with E-state index in [-0.39, 0.29) is 36.0 Å². The number of carboxylic acid groups (broad SMARTS) is 1. The summed E-state index contributed by atoms with van der Waals surface area (Å²) in [6, 6.07) is 0.537. The molecule has 15 heavy (non-hydrogen) atoms. The van der Waals surface area contributed by atoms with Crippen molar-refractivity contribution in [3.63, 3.8) is 0 Å². The zero-order valence-corrected chi connectivity index (χ0v) is 11.8. The molecule has 0 saturated heterocycles. The minimum Gasteiger partial charge on any atom is -0.550 e. The van der Waals surface area contributed by atoms with Crippen LogP contribution >= 0.6 is 0 Å². The summed E-state index contributed by atoms with van der Waals surface area (Å²) in [4.78, 5) is 10.2. The van der Waals surface area contributed by atoms with E-state index in [0.717, 1.165) is 0 Å². The van der Waals surface area contributed by atoms with Crippen molar-refractivity contribution in [3.05, 3.63) is 0 Å². The van der Waals surface area contributed by atoms with Gasteiger partial charge in [-0.3, -0.25) is 0 Å². The first-order chi connectivity index (χ1) is 6.79. The van der Waals surface area contributed by atoms with Crippen molar-refractivity contribution < 1.29 is 39.5 Å². The predicted molar refractivity (Wildman–Crippen MR) is 53.7 cm³/mol. The molecule has 0 amide bonds. The van der Waals surface area contributed by atoms with Gasteiger partial charge in [0, 0.05) is 18.6 Å². The monoisotopic (exact) mass is 221 g/mol. The van der Waals surface area contributed by atoms with Crippen molar-refractivity contribution in [2.24, 2.45) is 0 Å². The molecule has 1 aliphatic rings. The van der Waals surface area contributed by atoms with E-state index in [9.17, 15) is 9.90 Å². The van der Waals surface area contributed by atoms with Gasteiger partial charge in [-0.05, 0) is 19.3 Å². The number of hydrogen-bond acceptors (Lipinski definition) is 3. The SMILES string of the molecule is O=C([O-])CCNC1CCCCCCC1.[Na+]. The largest absolute Gasteiger partial charge is 1.00 e. The standard InChI is InChI=1S/C11H21NO2.Na/c13-11(14)8-9-12-10-6-4-2-1-3-5-7-10;/h10,12H,1-9H2,(H,13,14);/q;+1/p-1. The van der Waals surface area contributed by atoms with E-state index < -0.39 is 5.97 Å². The van der Waals surface area contributed by atoms with Gasteiger partial charge < -0.3 is 15.2 Å². The van der Waals surface area contributed by atoms with Gasteiger partial charge >= 0.3 is 29.6 Å². The molecule has 82 valence electrons. The van der Waals surface area contributed by atoms with Crippen LogP contribution in [0.1, 0.15) is 51.4 Å². The van der Waals surface area contributed by atoms with Crippen LogP contribution in [0.15, 0.2) is 0 Å². The molecule has 4 heteroatoms. The van der Waals surface area contributed by atoms with Crippen molar-refractivity contribution in [2.75, 3.05) is 6.54 Å². The van der Waals surface area contributed by atoms with Crippen LogP contribution in [0.3, 0.4) is 0 Å². The Morgan fingerprint density at radius 2 is 1.67 bits per heavy atom. The van der Waals surface area contributed by atoms with Gasteiger partial charge in [0.25, 0.3) is 0 Å². The number of carboxylic acids is 1. The molecule has 0 aromatic heterocycles. The Bertz CT molecular complexity index is 168. The maximum Gasteiger partial charge on any atom is 1.00 e. The van der Waals surface area contributed by atoms with Gasteiger partial charge in [0.15, 0.2) is 0 Å². The van der Waals surface area contributed by atoms with Crippen LogP contribution in [-0.4, -0.2) is 18.6 Å². The Morgan fingerprint density at radius 3 is 2.20 bits per heavy atom. The minimum atomic E-state index is -0.955. The first kappa shape index (κ1) is 15.4. The Labute approximate surface area is 114 Å². The maximum atomic E-state index is 10.2. The molecule has 0 heterocycles. The summed E-state index contributed by atoms with van der Waals surface area (Å²) in [5.74, 6) is -0.955. The van der Waals surface area contributed by atoms with Crippen LogP contribution in [0, 0.1) is 0 Å². The predicted octanol–water partition coefficient (Wildman–Crippen LogP) is -2.17. The molecule has 3 nitrogen and oxygen atoms in total. The molecule has 1 aliphatic carbocycles. The maximum absolute atomic E-state index is 10.2. The molecular weight excluding hydrogens is 201 g/mol. The molecule has 0 spiro atoms. The normalized spacial score (nSPS) is 18.7. The van der Waals surface area contributed by atoms with Crippen molar-refractivity contribution >= 4 is 5.97 Å². The Morgan fingerprint density at radius 1 is 1.13 bits per heavy atom. The third kappa shape index (κ3) is 8.26. The van der Waals surface area contributed by atoms with E-state index >= 15 is 0 Å². The molecule has 0 bridgehead atoms. The average molecular weight is 221 g/mol. The number of rotatable bonds is 4. The third-order valence-electron chi connectivity index (χ3n) is 2.87. The van der Waals surface area contributed by atoms with E-state index in [1.54, 1.807) is 0 Å². The Balaban J connectivity index is 0.00000196. The number of nitrogens with one attached hydrogen (secondary N) is 1. The summed E-state index contributed by atoms with van der Waals surface area (Å²) >= 11 is 0. The molecule has 0 aromatic carbocycles. The van der Waals surface area contributed by atoms with E-state index in [1.807, 2.05) is 0 Å². The Hall–Kier alpha value is 0.430. The van der Waals surface area contributed by atoms with Crippen LogP contribution in [0.25, 0.3) is 0 Å². The smallest absolute Gasteiger partial charge is 0.550 e. The van der Waals surface area contributed by atoms with E-state index in [1.165, 1.54) is 44.9 Å². The fourth-order valence-corrected chi connectivity index (χ4v) is 2.04. The third-order valence-corrected chi connectivity index (χ3v) is 2.87. The molecule has 0 atom stereocenters. The zero-order valence-electron chi connectivity index (χ0n) is 9.76. The quantitative estimate of drug-likeness (QED) is 0.550. The Kier molecular flexibility index (Phi) is 9.92. The van der Waals surface area contributed by atoms with Crippen LogP contribution in [0.4, 0.5) is 0 Å². The second-order valence-corrected chi connectivity index (χ2v) is 4.12. The molecule has 1 N–H and O–H groups in total. The van der Waals surface area contributed by atoms with Gasteiger partial charge in [-0.15, -0.1) is 0 Å². The number of hydrogen-bond donors (Lipinski definition) is 1. The van der Waals surface area contributed by atoms with Gasteiger partial charge in [0.2, 0.25) is 0 Å². The van der Waals surface area contributed by atoms with Crippen LogP contribution < -0.4 is 40.0 Å². The molecule has 0 aliphatic heterocycles. The fourth-order valence-electron chi connectivity index (χ4n) is 2.04. The minimum absolute atomic E-state index is 0. The number of carbonyl (C=O) groups is 1. The molecule has 1 saturated carbocycles. The molecule has 0 aromatic rings. The van der Waals surface area contributed by atoms with Gasteiger partial charge in [0.05, 0.1) is 0 Å². The summed E-state index contributed by atoms with van der Waals surface area (Å²) in [6.07, 6.45) is 9.13. The van der Waals surface area contributed by atoms with Crippen molar-refractivity contribution in [3.8, 4) is 0 Å². The van der Waals surface area contributed by atoms with Crippen molar-refractivity contribution in [2.45, 2.75) is 57.4 Å². The second-order valence-electron chi connectivity index (χ2n) is 4.12. The molecule has 1 fully saturated rings. The van der Waals surface area contributed by atoms with Crippen LogP contribution in [0.5, 0.6) is 0 Å². The van der Waals surface area contributed by atoms with Crippen LogP contribution in [0.2, 0.25) is 0 Å². The van der Waals surface area contributed by atoms with E-state index in [2.05, 4.69) is 5.32 Å². The molecular formula is C11H20NNaO2. The first-order valence-electron chi connectivity index (χ1n) is 5.72. The number of aliphatic carboxylic acids is 1. The fraction of sp³-hybridized carbons (Fsp3) is 0.909. The van der Waals surface area contributed by atoms with Crippen molar-refractivity contribution in [1.82, 2.24) is 5.32 Å². The summed E-state index contributed by atoms with van der Waals surface area (Å²) < 4.78 is 0. The second kappa shape index (κ2) is 9.64. The average Bonchev–Trinajstić information content (AvgIpc) is 2.07. The van der Waals surface area contributed by atoms with Gasteiger partial charge in [-0.2, -0.15) is 0 Å². The summed E-state index contributed by atoms with van der Waals surface area (Å²) in [6.45, 7) is 0.562. The molecule has 0 unspecified atom stereocenters. The summed E-state index contributed by atoms with van der Waals surface area (Å²) in [5.41, 5.74) is 0. The van der Waals surface area contributed by atoms with Gasteiger partial charge in [-0.1, -0.05) is 32.1 Å². The van der Waals surface area contributed by atoms with Gasteiger partial charge in [-0.25, -0.2) is 0 Å². The van der Waals surface area contributed by atoms with E-state index in [0.29, 0.717) is 12.6 Å². The zero-order chi connectivity index (χ0) is 10.2. The first-order valence-corrected chi connectivity index (χ1v) is 5.72. The van der Waals surface area contributed by atoms with E-state index in [4.69, 9.17) is 0 Å². The topological polar surface area (TPSA) is 52.2 Å². The summed E-state index contributed by atoms with van der Waals surface area (Å²) in [7, 11) is 0. The van der Waals surface area contributed by atoms with Gasteiger partial charge in [0.1, 0.15) is 0 Å². The van der Waals surface area contributed by atoms with Crippen LogP contribution in [-0.2, 0) is 4.79 Å². The van der Waals surface area contributed by atoms with Crippen molar-refractivity contribution in [1.29, 1.82) is 0 Å². The molecule has 0 radical (unpaired) electrons.